The Morgan fingerprint density at radius 3 is 2.26 bits per heavy atom. The Hall–Kier alpha value is -1.54. The number of benzene rings is 2. The first-order chi connectivity index (χ1) is 8.88. The molecule has 0 amide bonds. The highest BCUT2D eigenvalue weighted by atomic mass is 35.5. The number of ether oxygens (including phenoxy) is 1. The van der Waals surface area contributed by atoms with Crippen molar-refractivity contribution in [2.75, 3.05) is 0 Å². The predicted molar refractivity (Wildman–Crippen MR) is 76.6 cm³/mol. The van der Waals surface area contributed by atoms with Crippen LogP contribution in [0.5, 0.6) is 11.5 Å². The van der Waals surface area contributed by atoms with Crippen LogP contribution in [-0.4, -0.2) is 0 Å². The highest BCUT2D eigenvalue weighted by Gasteiger charge is 2.16. The molecule has 0 saturated heterocycles. The lowest BCUT2D eigenvalue weighted by atomic mass is 9.87. The Kier molecular flexibility index (Phi) is 3.81. The molecule has 0 N–H and O–H groups in total. The van der Waals surface area contributed by atoms with E-state index in [4.69, 9.17) is 16.3 Å². The Labute approximate surface area is 118 Å². The number of para-hydroxylation sites is 1. The molecular formula is C16H16ClFO. The van der Waals surface area contributed by atoms with E-state index in [1.165, 1.54) is 6.07 Å². The van der Waals surface area contributed by atoms with Crippen LogP contribution in [-0.2, 0) is 5.41 Å². The molecule has 19 heavy (non-hydrogen) atoms. The molecule has 0 aromatic heterocycles. The van der Waals surface area contributed by atoms with E-state index in [1.807, 2.05) is 12.1 Å². The molecule has 0 aliphatic heterocycles. The van der Waals surface area contributed by atoms with Crippen molar-refractivity contribution < 1.29 is 9.13 Å². The summed E-state index contributed by atoms with van der Waals surface area (Å²) in [6.45, 7) is 6.32. The van der Waals surface area contributed by atoms with Crippen LogP contribution in [0.1, 0.15) is 26.3 Å². The first kappa shape index (κ1) is 13.9. The van der Waals surface area contributed by atoms with Crippen molar-refractivity contribution in [1.82, 2.24) is 0 Å². The lowest BCUT2D eigenvalue weighted by molar-refractivity contribution is 0.442. The molecule has 1 nitrogen and oxygen atoms in total. The maximum absolute atomic E-state index is 13.5. The third-order valence-corrected chi connectivity index (χ3v) is 3.15. The molecule has 0 heterocycles. The standard InChI is InChI=1S/C16H16ClFO/c1-16(2,3)11-8-9-14(12(17)10-11)19-15-7-5-4-6-13(15)18/h4-10H,1-3H3. The lowest BCUT2D eigenvalue weighted by Gasteiger charge is -2.20. The SMILES string of the molecule is CC(C)(C)c1ccc(Oc2ccccc2F)c(Cl)c1. The molecule has 0 bridgehead atoms. The van der Waals surface area contributed by atoms with Gasteiger partial charge in [-0.3, -0.25) is 0 Å². The van der Waals surface area contributed by atoms with Crippen LogP contribution in [0.3, 0.4) is 0 Å². The number of hydrogen-bond acceptors (Lipinski definition) is 1. The fourth-order valence-electron chi connectivity index (χ4n) is 1.70. The molecule has 0 fully saturated rings. The van der Waals surface area contributed by atoms with E-state index >= 15 is 0 Å². The highest BCUT2D eigenvalue weighted by Crippen LogP contribution is 2.34. The average molecular weight is 279 g/mol. The van der Waals surface area contributed by atoms with E-state index in [0.717, 1.165) is 5.56 Å². The van der Waals surface area contributed by atoms with E-state index in [9.17, 15) is 4.39 Å². The third-order valence-electron chi connectivity index (χ3n) is 2.85. The summed E-state index contributed by atoms with van der Waals surface area (Å²) in [5.41, 5.74) is 1.12. The Balaban J connectivity index is 2.30. The van der Waals surface area contributed by atoms with Crippen molar-refractivity contribution in [3.8, 4) is 11.5 Å². The first-order valence-electron chi connectivity index (χ1n) is 6.10. The summed E-state index contributed by atoms with van der Waals surface area (Å²) < 4.78 is 19.0. The molecule has 2 aromatic carbocycles. The van der Waals surface area contributed by atoms with Gasteiger partial charge >= 0.3 is 0 Å². The van der Waals surface area contributed by atoms with Gasteiger partial charge in [0.1, 0.15) is 5.75 Å². The second-order valence-electron chi connectivity index (χ2n) is 5.43. The van der Waals surface area contributed by atoms with Gasteiger partial charge in [0, 0.05) is 0 Å². The average Bonchev–Trinajstić information content (AvgIpc) is 2.33. The normalized spacial score (nSPS) is 11.4. The fourth-order valence-corrected chi connectivity index (χ4v) is 1.92. The Bertz CT molecular complexity index is 588. The van der Waals surface area contributed by atoms with E-state index < -0.39 is 5.82 Å². The van der Waals surface area contributed by atoms with Gasteiger partial charge in [0.25, 0.3) is 0 Å². The van der Waals surface area contributed by atoms with Gasteiger partial charge in [-0.15, -0.1) is 0 Å². The van der Waals surface area contributed by atoms with Crippen LogP contribution in [0.4, 0.5) is 4.39 Å². The van der Waals surface area contributed by atoms with Crippen molar-refractivity contribution in [2.24, 2.45) is 0 Å². The number of hydrogen-bond donors (Lipinski definition) is 0. The fraction of sp³-hybridized carbons (Fsp3) is 0.250. The van der Waals surface area contributed by atoms with E-state index in [1.54, 1.807) is 24.3 Å². The summed E-state index contributed by atoms with van der Waals surface area (Å²) in [6, 6.07) is 11.8. The summed E-state index contributed by atoms with van der Waals surface area (Å²) in [6.07, 6.45) is 0. The van der Waals surface area contributed by atoms with Crippen molar-refractivity contribution in [3.63, 3.8) is 0 Å². The van der Waals surface area contributed by atoms with Crippen molar-refractivity contribution >= 4 is 11.6 Å². The van der Waals surface area contributed by atoms with Crippen LogP contribution in [0, 0.1) is 5.82 Å². The zero-order chi connectivity index (χ0) is 14.0. The minimum atomic E-state index is -0.404. The largest absolute Gasteiger partial charge is 0.453 e. The molecule has 2 aromatic rings. The predicted octanol–water partition coefficient (Wildman–Crippen LogP) is 5.57. The summed E-state index contributed by atoms with van der Waals surface area (Å²) >= 11 is 6.19. The second-order valence-corrected chi connectivity index (χ2v) is 5.83. The van der Waals surface area contributed by atoms with Crippen molar-refractivity contribution in [2.45, 2.75) is 26.2 Å². The molecule has 100 valence electrons. The van der Waals surface area contributed by atoms with Crippen LogP contribution >= 0.6 is 11.6 Å². The number of rotatable bonds is 2. The topological polar surface area (TPSA) is 9.23 Å². The van der Waals surface area contributed by atoms with E-state index in [2.05, 4.69) is 20.8 Å². The molecule has 0 aliphatic carbocycles. The Morgan fingerprint density at radius 1 is 1.00 bits per heavy atom. The quantitative estimate of drug-likeness (QED) is 0.698. The smallest absolute Gasteiger partial charge is 0.165 e. The minimum Gasteiger partial charge on any atom is -0.453 e. The zero-order valence-electron chi connectivity index (χ0n) is 11.2. The molecule has 0 unspecified atom stereocenters. The summed E-state index contributed by atoms with van der Waals surface area (Å²) in [4.78, 5) is 0. The summed E-state index contributed by atoms with van der Waals surface area (Å²) in [5, 5.41) is 0.482. The van der Waals surface area contributed by atoms with Crippen LogP contribution in [0.15, 0.2) is 42.5 Å². The van der Waals surface area contributed by atoms with Gasteiger partial charge < -0.3 is 4.74 Å². The molecule has 0 radical (unpaired) electrons. The first-order valence-corrected chi connectivity index (χ1v) is 6.48. The van der Waals surface area contributed by atoms with Gasteiger partial charge in [-0.05, 0) is 35.2 Å². The summed E-state index contributed by atoms with van der Waals surface area (Å²) in [5.74, 6) is 0.228. The van der Waals surface area contributed by atoms with Crippen molar-refractivity contribution in [1.29, 1.82) is 0 Å². The van der Waals surface area contributed by atoms with Crippen molar-refractivity contribution in [3.05, 3.63) is 58.9 Å². The Morgan fingerprint density at radius 2 is 1.68 bits per heavy atom. The van der Waals surface area contributed by atoms with Crippen LogP contribution in [0.25, 0.3) is 0 Å². The molecule has 2 rings (SSSR count). The van der Waals surface area contributed by atoms with Gasteiger partial charge in [0.15, 0.2) is 11.6 Å². The van der Waals surface area contributed by atoms with E-state index in [0.29, 0.717) is 10.8 Å². The molecule has 0 spiro atoms. The third kappa shape index (κ3) is 3.27. The maximum Gasteiger partial charge on any atom is 0.165 e. The molecule has 3 heteroatoms. The van der Waals surface area contributed by atoms with E-state index in [-0.39, 0.29) is 11.2 Å². The van der Waals surface area contributed by atoms with Gasteiger partial charge in [0.2, 0.25) is 0 Å². The van der Waals surface area contributed by atoms with Gasteiger partial charge in [-0.1, -0.05) is 50.6 Å². The van der Waals surface area contributed by atoms with Gasteiger partial charge in [-0.25, -0.2) is 4.39 Å². The molecule has 0 saturated carbocycles. The molecule has 0 atom stereocenters. The molecule has 0 aliphatic rings. The van der Waals surface area contributed by atoms with Crippen LogP contribution < -0.4 is 4.74 Å². The maximum atomic E-state index is 13.5. The zero-order valence-corrected chi connectivity index (χ0v) is 12.0. The van der Waals surface area contributed by atoms with Gasteiger partial charge in [-0.2, -0.15) is 0 Å². The van der Waals surface area contributed by atoms with Crippen LogP contribution in [0.2, 0.25) is 5.02 Å². The lowest BCUT2D eigenvalue weighted by Crippen LogP contribution is -2.10. The number of halogens is 2. The second kappa shape index (κ2) is 5.22. The monoisotopic (exact) mass is 278 g/mol. The summed E-state index contributed by atoms with van der Waals surface area (Å²) in [7, 11) is 0. The molecular weight excluding hydrogens is 263 g/mol. The van der Waals surface area contributed by atoms with Gasteiger partial charge in [0.05, 0.1) is 5.02 Å². The minimum absolute atomic E-state index is 0.0141. The highest BCUT2D eigenvalue weighted by molar-refractivity contribution is 6.32.